The molecule has 2 aromatic rings. The first-order valence-corrected chi connectivity index (χ1v) is 7.05. The fraction of sp³-hybridized carbons (Fsp3) is 0.188. The summed E-state index contributed by atoms with van der Waals surface area (Å²) in [6, 6.07) is 12.5. The van der Waals surface area contributed by atoms with Crippen molar-refractivity contribution >= 4 is 29.0 Å². The lowest BCUT2D eigenvalue weighted by atomic mass is 10.1. The highest BCUT2D eigenvalue weighted by Gasteiger charge is 2.07. The van der Waals surface area contributed by atoms with Gasteiger partial charge in [0.2, 0.25) is 0 Å². The Hall–Kier alpha value is -1.51. The molecule has 0 heterocycles. The van der Waals surface area contributed by atoms with Crippen molar-refractivity contribution in [2.75, 3.05) is 6.61 Å². The third-order valence-corrected chi connectivity index (χ3v) is 3.68. The van der Waals surface area contributed by atoms with Gasteiger partial charge >= 0.3 is 0 Å². The van der Waals surface area contributed by atoms with Gasteiger partial charge in [-0.25, -0.2) is 0 Å². The molecule has 4 heteroatoms. The van der Waals surface area contributed by atoms with E-state index in [2.05, 4.69) is 6.92 Å². The molecule has 0 radical (unpaired) electrons. The molecule has 2 nitrogen and oxygen atoms in total. The molecule has 0 fully saturated rings. The van der Waals surface area contributed by atoms with Crippen LogP contribution in [0.3, 0.4) is 0 Å². The van der Waals surface area contributed by atoms with E-state index in [9.17, 15) is 4.79 Å². The van der Waals surface area contributed by atoms with Crippen LogP contribution in [0.2, 0.25) is 10.0 Å². The monoisotopic (exact) mass is 308 g/mol. The number of hydrogen-bond donors (Lipinski definition) is 0. The number of aryl methyl sites for hydroxylation is 1. The molecule has 0 spiro atoms. The largest absolute Gasteiger partial charge is 0.485 e. The van der Waals surface area contributed by atoms with Crippen molar-refractivity contribution in [3.05, 3.63) is 63.6 Å². The van der Waals surface area contributed by atoms with Gasteiger partial charge in [-0.05, 0) is 24.1 Å². The molecule has 0 atom stereocenters. The van der Waals surface area contributed by atoms with Crippen molar-refractivity contribution in [2.24, 2.45) is 0 Å². The summed E-state index contributed by atoms with van der Waals surface area (Å²) in [7, 11) is 0. The van der Waals surface area contributed by atoms with Gasteiger partial charge in [-0.1, -0.05) is 54.4 Å². The SMILES string of the molecule is CCc1ccc(C(=O)COc2ccc(Cl)c(Cl)c2)cc1. The molecule has 0 saturated heterocycles. The zero-order chi connectivity index (χ0) is 14.5. The van der Waals surface area contributed by atoms with Crippen molar-refractivity contribution in [1.29, 1.82) is 0 Å². The molecule has 0 aliphatic carbocycles. The minimum Gasteiger partial charge on any atom is -0.485 e. The predicted molar refractivity (Wildman–Crippen MR) is 82.1 cm³/mol. The van der Waals surface area contributed by atoms with Gasteiger partial charge in [-0.15, -0.1) is 0 Å². The molecule has 20 heavy (non-hydrogen) atoms. The van der Waals surface area contributed by atoms with E-state index < -0.39 is 0 Å². The van der Waals surface area contributed by atoms with E-state index in [0.717, 1.165) is 6.42 Å². The summed E-state index contributed by atoms with van der Waals surface area (Å²) < 4.78 is 5.42. The standard InChI is InChI=1S/C16H14Cl2O2/c1-2-11-3-5-12(6-4-11)16(19)10-20-13-7-8-14(17)15(18)9-13/h3-9H,2,10H2,1H3. The van der Waals surface area contributed by atoms with E-state index in [-0.39, 0.29) is 12.4 Å². The molecule has 0 unspecified atom stereocenters. The van der Waals surface area contributed by atoms with E-state index in [1.54, 1.807) is 18.2 Å². The first-order valence-electron chi connectivity index (χ1n) is 6.30. The van der Waals surface area contributed by atoms with Gasteiger partial charge in [0.15, 0.2) is 12.4 Å². The Morgan fingerprint density at radius 1 is 1.05 bits per heavy atom. The van der Waals surface area contributed by atoms with Crippen LogP contribution >= 0.6 is 23.2 Å². The van der Waals surface area contributed by atoms with Gasteiger partial charge < -0.3 is 4.74 Å². The maximum atomic E-state index is 12.0. The van der Waals surface area contributed by atoms with Gasteiger partial charge in [0.1, 0.15) is 5.75 Å². The second-order valence-electron chi connectivity index (χ2n) is 4.34. The first-order chi connectivity index (χ1) is 9.60. The molecule has 2 aromatic carbocycles. The summed E-state index contributed by atoms with van der Waals surface area (Å²) in [6.07, 6.45) is 0.953. The zero-order valence-electron chi connectivity index (χ0n) is 11.0. The van der Waals surface area contributed by atoms with Crippen LogP contribution in [0.15, 0.2) is 42.5 Å². The number of ether oxygens (including phenoxy) is 1. The van der Waals surface area contributed by atoms with Crippen LogP contribution in [0.4, 0.5) is 0 Å². The summed E-state index contributed by atoms with van der Waals surface area (Å²) in [4.78, 5) is 12.0. The number of benzene rings is 2. The Morgan fingerprint density at radius 2 is 1.75 bits per heavy atom. The number of carbonyl (C=O) groups is 1. The Balaban J connectivity index is 1.98. The lowest BCUT2D eigenvalue weighted by molar-refractivity contribution is 0.0921. The summed E-state index contributed by atoms with van der Waals surface area (Å²) >= 11 is 11.7. The molecule has 0 bridgehead atoms. The fourth-order valence-corrected chi connectivity index (χ4v) is 2.01. The average molecular weight is 309 g/mol. The second-order valence-corrected chi connectivity index (χ2v) is 5.15. The third kappa shape index (κ3) is 3.75. The number of carbonyl (C=O) groups excluding carboxylic acids is 1. The Kier molecular flexibility index (Phi) is 5.05. The van der Waals surface area contributed by atoms with Gasteiger partial charge in [-0.2, -0.15) is 0 Å². The molecule has 104 valence electrons. The molecule has 2 rings (SSSR count). The molecule has 0 amide bonds. The van der Waals surface area contributed by atoms with Crippen LogP contribution in [0.1, 0.15) is 22.8 Å². The van der Waals surface area contributed by atoms with E-state index >= 15 is 0 Å². The van der Waals surface area contributed by atoms with Crippen molar-refractivity contribution in [3.8, 4) is 5.75 Å². The molecular weight excluding hydrogens is 295 g/mol. The molecule has 0 aliphatic rings. The topological polar surface area (TPSA) is 26.3 Å². The lowest BCUT2D eigenvalue weighted by Gasteiger charge is -2.07. The van der Waals surface area contributed by atoms with Crippen LogP contribution < -0.4 is 4.74 Å². The quantitative estimate of drug-likeness (QED) is 0.740. The summed E-state index contributed by atoms with van der Waals surface area (Å²) in [5.41, 5.74) is 1.84. The maximum Gasteiger partial charge on any atom is 0.200 e. The highest BCUT2D eigenvalue weighted by molar-refractivity contribution is 6.42. The summed E-state index contributed by atoms with van der Waals surface area (Å²) in [5, 5.41) is 0.865. The van der Waals surface area contributed by atoms with Crippen molar-refractivity contribution in [2.45, 2.75) is 13.3 Å². The average Bonchev–Trinajstić information content (AvgIpc) is 2.48. The summed E-state index contributed by atoms with van der Waals surface area (Å²) in [5.74, 6) is 0.455. The zero-order valence-corrected chi connectivity index (χ0v) is 12.5. The Labute approximate surface area is 128 Å². The van der Waals surface area contributed by atoms with Crippen molar-refractivity contribution in [1.82, 2.24) is 0 Å². The van der Waals surface area contributed by atoms with Gasteiger partial charge in [0, 0.05) is 11.6 Å². The molecular formula is C16H14Cl2O2. The van der Waals surface area contributed by atoms with Crippen LogP contribution in [0.5, 0.6) is 5.75 Å². The van der Waals surface area contributed by atoms with Crippen LogP contribution in [0, 0.1) is 0 Å². The smallest absolute Gasteiger partial charge is 0.200 e. The molecule has 0 aromatic heterocycles. The highest BCUT2D eigenvalue weighted by Crippen LogP contribution is 2.26. The minimum absolute atomic E-state index is 0.0244. The second kappa shape index (κ2) is 6.78. The van der Waals surface area contributed by atoms with E-state index in [0.29, 0.717) is 21.4 Å². The number of ketones is 1. The van der Waals surface area contributed by atoms with E-state index in [4.69, 9.17) is 27.9 Å². The predicted octanol–water partition coefficient (Wildman–Crippen LogP) is 4.82. The Bertz CT molecular complexity index is 606. The highest BCUT2D eigenvalue weighted by atomic mass is 35.5. The maximum absolute atomic E-state index is 12.0. The van der Waals surface area contributed by atoms with Crippen LogP contribution in [-0.2, 0) is 6.42 Å². The fourth-order valence-electron chi connectivity index (χ4n) is 1.73. The molecule has 0 N–H and O–H groups in total. The van der Waals surface area contributed by atoms with Gasteiger partial charge in [0.25, 0.3) is 0 Å². The molecule has 0 aliphatic heterocycles. The number of hydrogen-bond acceptors (Lipinski definition) is 2. The number of halogens is 2. The minimum atomic E-state index is -0.0706. The van der Waals surface area contributed by atoms with E-state index in [1.807, 2.05) is 24.3 Å². The first kappa shape index (κ1) is 14.9. The van der Waals surface area contributed by atoms with Gasteiger partial charge in [0.05, 0.1) is 10.0 Å². The molecule has 0 saturated carbocycles. The number of Topliss-reactive ketones (excluding diaryl/α,β-unsaturated/α-hetero) is 1. The normalized spacial score (nSPS) is 10.3. The third-order valence-electron chi connectivity index (χ3n) is 2.95. The summed E-state index contributed by atoms with van der Waals surface area (Å²) in [6.45, 7) is 2.05. The van der Waals surface area contributed by atoms with Crippen molar-refractivity contribution < 1.29 is 9.53 Å². The Morgan fingerprint density at radius 3 is 2.35 bits per heavy atom. The number of rotatable bonds is 5. The van der Waals surface area contributed by atoms with Crippen LogP contribution in [0.25, 0.3) is 0 Å². The van der Waals surface area contributed by atoms with Crippen molar-refractivity contribution in [3.63, 3.8) is 0 Å². The van der Waals surface area contributed by atoms with E-state index in [1.165, 1.54) is 5.56 Å². The van der Waals surface area contributed by atoms with Crippen LogP contribution in [-0.4, -0.2) is 12.4 Å². The van der Waals surface area contributed by atoms with Gasteiger partial charge in [-0.3, -0.25) is 4.79 Å². The lowest BCUT2D eigenvalue weighted by Crippen LogP contribution is -2.11.